The summed E-state index contributed by atoms with van der Waals surface area (Å²) < 4.78 is 13.0. The fourth-order valence-electron chi connectivity index (χ4n) is 4.28. The second-order valence-corrected chi connectivity index (χ2v) is 7.73. The molecule has 0 aliphatic carbocycles. The first-order valence-electron chi connectivity index (χ1n) is 10.5. The summed E-state index contributed by atoms with van der Waals surface area (Å²) in [5.74, 6) is 2.24. The lowest BCUT2D eigenvalue weighted by molar-refractivity contribution is 0.355. The third kappa shape index (κ3) is 3.43. The molecule has 4 aromatic rings. The third-order valence-electron chi connectivity index (χ3n) is 5.83. The Balaban J connectivity index is 1.71. The van der Waals surface area contributed by atoms with Gasteiger partial charge in [-0.15, -0.1) is 0 Å². The van der Waals surface area contributed by atoms with E-state index in [9.17, 15) is 0 Å². The molecule has 6 nitrogen and oxygen atoms in total. The monoisotopic (exact) mass is 424 g/mol. The van der Waals surface area contributed by atoms with Crippen molar-refractivity contribution in [1.82, 2.24) is 14.8 Å². The Morgan fingerprint density at radius 3 is 2.44 bits per heavy atom. The normalized spacial score (nSPS) is 15.1. The number of nitrogens with zero attached hydrogens (tertiary/aromatic N) is 4. The van der Waals surface area contributed by atoms with Crippen molar-refractivity contribution in [3.8, 4) is 22.6 Å². The van der Waals surface area contributed by atoms with Gasteiger partial charge in [0.25, 0.3) is 0 Å². The van der Waals surface area contributed by atoms with Crippen LogP contribution in [-0.4, -0.2) is 34.7 Å². The minimum Gasteiger partial charge on any atom is -0.493 e. The summed E-state index contributed by atoms with van der Waals surface area (Å²) in [6.45, 7) is 2.04. The molecule has 6 heteroatoms. The van der Waals surface area contributed by atoms with Crippen LogP contribution >= 0.6 is 0 Å². The number of methoxy groups -OCH3 is 2. The molecule has 1 atom stereocenters. The van der Waals surface area contributed by atoms with Crippen molar-refractivity contribution >= 4 is 11.5 Å². The summed E-state index contributed by atoms with van der Waals surface area (Å²) in [6, 6.07) is 20.3. The van der Waals surface area contributed by atoms with Crippen LogP contribution in [0.25, 0.3) is 11.1 Å². The van der Waals surface area contributed by atoms with Crippen molar-refractivity contribution in [2.75, 3.05) is 14.2 Å². The second-order valence-electron chi connectivity index (χ2n) is 7.73. The predicted molar refractivity (Wildman–Crippen MR) is 125 cm³/mol. The number of pyridine rings is 1. The molecule has 160 valence electrons. The van der Waals surface area contributed by atoms with Gasteiger partial charge in [-0.25, -0.2) is 9.67 Å². The van der Waals surface area contributed by atoms with Crippen LogP contribution in [0.5, 0.6) is 11.5 Å². The highest BCUT2D eigenvalue weighted by Crippen LogP contribution is 2.42. The van der Waals surface area contributed by atoms with E-state index in [0.29, 0.717) is 17.9 Å². The molecule has 0 spiro atoms. The van der Waals surface area contributed by atoms with E-state index in [1.807, 2.05) is 60.3 Å². The number of hydrogen-bond acceptors (Lipinski definition) is 5. The van der Waals surface area contributed by atoms with Crippen molar-refractivity contribution < 1.29 is 9.47 Å². The Kier molecular flexibility index (Phi) is 5.19. The van der Waals surface area contributed by atoms with Crippen LogP contribution in [0.3, 0.4) is 0 Å². The number of rotatable bonds is 5. The van der Waals surface area contributed by atoms with Gasteiger partial charge in [-0.1, -0.05) is 36.4 Å². The lowest BCUT2D eigenvalue weighted by atomic mass is 9.96. The summed E-state index contributed by atoms with van der Waals surface area (Å²) in [5, 5.41) is 4.91. The Labute approximate surface area is 187 Å². The topological polar surface area (TPSA) is 61.5 Å². The SMILES string of the molecule is COc1ccc(C2=Nc3c(-c4ccccc4)c(C)nn3[C@@H](c3cccnc3)C2)cc1OC. The molecule has 2 aromatic carbocycles. The zero-order valence-corrected chi connectivity index (χ0v) is 18.3. The second kappa shape index (κ2) is 8.30. The number of hydrogen-bond donors (Lipinski definition) is 0. The Morgan fingerprint density at radius 2 is 1.72 bits per heavy atom. The molecule has 0 saturated carbocycles. The zero-order valence-electron chi connectivity index (χ0n) is 18.3. The van der Waals surface area contributed by atoms with E-state index in [2.05, 4.69) is 23.2 Å². The van der Waals surface area contributed by atoms with Crippen molar-refractivity contribution in [3.05, 3.63) is 89.9 Å². The number of aliphatic imine (C=N–C) groups is 1. The first-order valence-corrected chi connectivity index (χ1v) is 10.5. The molecule has 0 radical (unpaired) electrons. The van der Waals surface area contributed by atoms with E-state index in [-0.39, 0.29) is 6.04 Å². The van der Waals surface area contributed by atoms with E-state index in [4.69, 9.17) is 19.6 Å². The molecule has 32 heavy (non-hydrogen) atoms. The van der Waals surface area contributed by atoms with Gasteiger partial charge in [-0.2, -0.15) is 5.10 Å². The highest BCUT2D eigenvalue weighted by Gasteiger charge is 2.30. The van der Waals surface area contributed by atoms with E-state index < -0.39 is 0 Å². The van der Waals surface area contributed by atoms with E-state index >= 15 is 0 Å². The average molecular weight is 425 g/mol. The molecule has 0 fully saturated rings. The molecule has 0 saturated heterocycles. The summed E-state index contributed by atoms with van der Waals surface area (Å²) in [6.07, 6.45) is 4.40. The van der Waals surface area contributed by atoms with Crippen LogP contribution < -0.4 is 9.47 Å². The van der Waals surface area contributed by atoms with Crippen LogP contribution in [0.2, 0.25) is 0 Å². The van der Waals surface area contributed by atoms with Crippen LogP contribution in [0, 0.1) is 6.92 Å². The smallest absolute Gasteiger partial charge is 0.161 e. The summed E-state index contributed by atoms with van der Waals surface area (Å²) in [4.78, 5) is 9.47. The molecular formula is C26H24N4O2. The average Bonchev–Trinajstić information content (AvgIpc) is 3.19. The van der Waals surface area contributed by atoms with Crippen molar-refractivity contribution in [2.45, 2.75) is 19.4 Å². The molecule has 0 amide bonds. The van der Waals surface area contributed by atoms with Crippen LogP contribution in [0.4, 0.5) is 5.82 Å². The quantitative estimate of drug-likeness (QED) is 0.431. The minimum absolute atomic E-state index is 0.00420. The number of ether oxygens (including phenoxy) is 2. The minimum atomic E-state index is -0.00420. The van der Waals surface area contributed by atoms with Gasteiger partial charge in [0, 0.05) is 29.9 Å². The lowest BCUT2D eigenvalue weighted by Crippen LogP contribution is -2.21. The van der Waals surface area contributed by atoms with Gasteiger partial charge in [0.2, 0.25) is 0 Å². The van der Waals surface area contributed by atoms with E-state index in [0.717, 1.165) is 39.5 Å². The molecule has 0 bridgehead atoms. The predicted octanol–water partition coefficient (Wildman–Crippen LogP) is 5.38. The fraction of sp³-hybridized carbons (Fsp3) is 0.192. The van der Waals surface area contributed by atoms with Crippen LogP contribution in [0.15, 0.2) is 78.0 Å². The first kappa shape index (κ1) is 20.0. The molecule has 1 aliphatic rings. The number of aryl methyl sites for hydroxylation is 1. The van der Waals surface area contributed by atoms with Gasteiger partial charge in [-0.3, -0.25) is 4.98 Å². The Morgan fingerprint density at radius 1 is 0.906 bits per heavy atom. The maximum absolute atomic E-state index is 5.54. The summed E-state index contributed by atoms with van der Waals surface area (Å²) in [7, 11) is 3.29. The molecule has 1 aliphatic heterocycles. The Hall–Kier alpha value is -3.93. The maximum atomic E-state index is 5.54. The molecule has 2 aromatic heterocycles. The highest BCUT2D eigenvalue weighted by molar-refractivity contribution is 6.04. The summed E-state index contributed by atoms with van der Waals surface area (Å²) >= 11 is 0. The van der Waals surface area contributed by atoms with Gasteiger partial charge < -0.3 is 9.47 Å². The van der Waals surface area contributed by atoms with Gasteiger partial charge in [0.15, 0.2) is 17.3 Å². The Bertz CT molecular complexity index is 1280. The third-order valence-corrected chi connectivity index (χ3v) is 5.83. The fourth-order valence-corrected chi connectivity index (χ4v) is 4.28. The van der Waals surface area contributed by atoms with E-state index in [1.54, 1.807) is 20.4 Å². The van der Waals surface area contributed by atoms with E-state index in [1.165, 1.54) is 0 Å². The lowest BCUT2D eigenvalue weighted by Gasteiger charge is -2.25. The standard InChI is InChI=1S/C26H24N4O2/c1-17-25(18-8-5-4-6-9-18)26-28-21(19-11-12-23(31-2)24(14-19)32-3)15-22(30(26)29-17)20-10-7-13-27-16-20/h4-14,16,22H,15H2,1-3H3/t22-/m1/s1. The van der Waals surface area contributed by atoms with Crippen LogP contribution in [-0.2, 0) is 0 Å². The van der Waals surface area contributed by atoms with Crippen LogP contribution in [0.1, 0.15) is 29.3 Å². The first-order chi connectivity index (χ1) is 15.7. The molecule has 0 N–H and O–H groups in total. The van der Waals surface area contributed by atoms with Gasteiger partial charge in [0.1, 0.15) is 0 Å². The van der Waals surface area contributed by atoms with Gasteiger partial charge in [-0.05, 0) is 42.3 Å². The number of fused-ring (bicyclic) bond motifs is 1. The number of benzene rings is 2. The van der Waals surface area contributed by atoms with Crippen molar-refractivity contribution in [2.24, 2.45) is 4.99 Å². The molecule has 5 rings (SSSR count). The van der Waals surface area contributed by atoms with Crippen molar-refractivity contribution in [3.63, 3.8) is 0 Å². The van der Waals surface area contributed by atoms with Crippen molar-refractivity contribution in [1.29, 1.82) is 0 Å². The highest BCUT2D eigenvalue weighted by atomic mass is 16.5. The molecule has 0 unspecified atom stereocenters. The van der Waals surface area contributed by atoms with Gasteiger partial charge in [0.05, 0.1) is 31.7 Å². The maximum Gasteiger partial charge on any atom is 0.161 e. The largest absolute Gasteiger partial charge is 0.493 e. The number of aromatic nitrogens is 3. The zero-order chi connectivity index (χ0) is 22.1. The molecular weight excluding hydrogens is 400 g/mol. The summed E-state index contributed by atoms with van der Waals surface area (Å²) in [5.41, 5.74) is 6.19. The van der Waals surface area contributed by atoms with Gasteiger partial charge >= 0.3 is 0 Å². The molecule has 3 heterocycles.